The highest BCUT2D eigenvalue weighted by molar-refractivity contribution is 7.89. The summed E-state index contributed by atoms with van der Waals surface area (Å²) in [5, 5.41) is 0. The van der Waals surface area contributed by atoms with Crippen molar-refractivity contribution >= 4 is 15.7 Å². The van der Waals surface area contributed by atoms with Crippen LogP contribution < -0.4 is 5.73 Å². The number of nitrogens with two attached hydrogens (primary N) is 1. The summed E-state index contributed by atoms with van der Waals surface area (Å²) in [5.74, 6) is 0. The van der Waals surface area contributed by atoms with E-state index in [2.05, 4.69) is 20.8 Å². The van der Waals surface area contributed by atoms with Crippen molar-refractivity contribution in [3.8, 4) is 0 Å². The molecule has 1 heterocycles. The lowest BCUT2D eigenvalue weighted by Crippen LogP contribution is -2.36. The van der Waals surface area contributed by atoms with Gasteiger partial charge in [-0.2, -0.15) is 4.31 Å². The van der Waals surface area contributed by atoms with E-state index < -0.39 is 10.0 Å². The molecule has 21 heavy (non-hydrogen) atoms. The van der Waals surface area contributed by atoms with Gasteiger partial charge in [-0.25, -0.2) is 8.42 Å². The molecule has 0 saturated heterocycles. The van der Waals surface area contributed by atoms with Crippen molar-refractivity contribution in [2.45, 2.75) is 39.0 Å². The lowest BCUT2D eigenvalue weighted by atomic mass is 9.83. The molecule has 0 aromatic heterocycles. The fraction of sp³-hybridized carbons (Fsp3) is 0.500. The molecule has 2 rings (SSSR count). The molecule has 1 aliphatic rings. The van der Waals surface area contributed by atoms with Crippen molar-refractivity contribution in [3.63, 3.8) is 0 Å². The van der Waals surface area contributed by atoms with Crippen LogP contribution in [0.5, 0.6) is 0 Å². The summed E-state index contributed by atoms with van der Waals surface area (Å²) in [6.07, 6.45) is 2.83. The second-order valence-electron chi connectivity index (χ2n) is 6.62. The van der Waals surface area contributed by atoms with E-state index in [9.17, 15) is 8.42 Å². The molecular weight excluding hydrogens is 284 g/mol. The summed E-state index contributed by atoms with van der Waals surface area (Å²) in [4.78, 5) is 0.315. The molecule has 1 aromatic carbocycles. The van der Waals surface area contributed by atoms with Gasteiger partial charge in [-0.15, -0.1) is 0 Å². The fourth-order valence-corrected chi connectivity index (χ4v) is 4.22. The van der Waals surface area contributed by atoms with Gasteiger partial charge in [-0.3, -0.25) is 0 Å². The van der Waals surface area contributed by atoms with E-state index in [1.165, 1.54) is 9.88 Å². The van der Waals surface area contributed by atoms with Crippen LogP contribution >= 0.6 is 0 Å². The Morgan fingerprint density at radius 2 is 1.90 bits per heavy atom. The summed E-state index contributed by atoms with van der Waals surface area (Å²) in [7, 11) is -3.48. The molecule has 2 N–H and O–H groups in total. The van der Waals surface area contributed by atoms with Gasteiger partial charge < -0.3 is 5.73 Å². The molecule has 1 aliphatic heterocycles. The Morgan fingerprint density at radius 3 is 2.43 bits per heavy atom. The molecule has 1 aromatic rings. The molecule has 0 fully saturated rings. The number of sulfonamides is 1. The quantitative estimate of drug-likeness (QED) is 0.675. The number of nitrogens with zero attached hydrogens (tertiary/aromatic N) is 1. The van der Waals surface area contributed by atoms with Crippen molar-refractivity contribution in [1.82, 2.24) is 4.31 Å². The molecule has 0 spiro atoms. The number of hydrogen-bond acceptors (Lipinski definition) is 3. The van der Waals surface area contributed by atoms with Gasteiger partial charge >= 0.3 is 0 Å². The van der Waals surface area contributed by atoms with Crippen molar-refractivity contribution in [1.29, 1.82) is 0 Å². The molecule has 116 valence electrons. The van der Waals surface area contributed by atoms with Crippen molar-refractivity contribution in [2.24, 2.45) is 5.41 Å². The van der Waals surface area contributed by atoms with Gasteiger partial charge in [0.1, 0.15) is 0 Å². The van der Waals surface area contributed by atoms with E-state index in [1.807, 2.05) is 6.08 Å². The molecule has 4 nitrogen and oxygen atoms in total. The van der Waals surface area contributed by atoms with Gasteiger partial charge in [0.15, 0.2) is 0 Å². The lowest BCUT2D eigenvalue weighted by Gasteiger charge is -2.31. The average Bonchev–Trinajstić information content (AvgIpc) is 2.40. The lowest BCUT2D eigenvalue weighted by molar-refractivity contribution is 0.389. The number of hydrogen-bond donors (Lipinski definition) is 1. The zero-order valence-electron chi connectivity index (χ0n) is 13.2. The highest BCUT2D eigenvalue weighted by Gasteiger charge is 2.29. The van der Waals surface area contributed by atoms with Gasteiger partial charge in [0.2, 0.25) is 10.0 Å². The second-order valence-corrected chi connectivity index (χ2v) is 8.52. The smallest absolute Gasteiger partial charge is 0.243 e. The SMILES string of the molecule is Cc1ccc(N)cc1S(=O)(=O)N1CC=C(C(C)(C)C)CC1. The third-order valence-electron chi connectivity index (χ3n) is 3.97. The van der Waals surface area contributed by atoms with Crippen molar-refractivity contribution in [2.75, 3.05) is 18.8 Å². The highest BCUT2D eigenvalue weighted by atomic mass is 32.2. The number of aryl methyl sites for hydroxylation is 1. The minimum absolute atomic E-state index is 0.100. The third-order valence-corrected chi connectivity index (χ3v) is 5.97. The van der Waals surface area contributed by atoms with Crippen LogP contribution in [0.4, 0.5) is 5.69 Å². The average molecular weight is 308 g/mol. The Bertz CT molecular complexity index is 670. The number of rotatable bonds is 2. The zero-order chi connectivity index (χ0) is 15.8. The number of anilines is 1. The standard InChI is InChI=1S/C16H24N2O2S/c1-12-5-6-14(17)11-15(12)21(19,20)18-9-7-13(8-10-18)16(2,3)4/h5-7,11H,8-10,17H2,1-4H3. The molecule has 5 heteroatoms. The Labute approximate surface area is 127 Å². The van der Waals surface area contributed by atoms with Crippen LogP contribution in [0.15, 0.2) is 34.7 Å². The first-order chi connectivity index (χ1) is 9.62. The maximum absolute atomic E-state index is 12.8. The summed E-state index contributed by atoms with van der Waals surface area (Å²) in [6, 6.07) is 5.03. The Hall–Kier alpha value is -1.33. The second kappa shape index (κ2) is 5.46. The van der Waals surface area contributed by atoms with Gasteiger partial charge in [0, 0.05) is 18.8 Å². The molecule has 0 aliphatic carbocycles. The maximum Gasteiger partial charge on any atom is 0.243 e. The molecule has 0 unspecified atom stereocenters. The summed E-state index contributed by atoms with van der Waals surface area (Å²) < 4.78 is 27.0. The Morgan fingerprint density at radius 1 is 1.24 bits per heavy atom. The largest absolute Gasteiger partial charge is 0.399 e. The van der Waals surface area contributed by atoms with Crippen LogP contribution in [0.25, 0.3) is 0 Å². The number of nitrogen functional groups attached to an aromatic ring is 1. The molecule has 0 radical (unpaired) electrons. The minimum atomic E-state index is -3.48. The van der Waals surface area contributed by atoms with Gasteiger partial charge in [0.05, 0.1) is 4.90 Å². The summed E-state index contributed by atoms with van der Waals surface area (Å²) in [6.45, 7) is 9.23. The monoisotopic (exact) mass is 308 g/mol. The first kappa shape index (κ1) is 16.0. The predicted molar refractivity (Wildman–Crippen MR) is 86.5 cm³/mol. The zero-order valence-corrected chi connectivity index (χ0v) is 14.0. The van der Waals surface area contributed by atoms with Crippen LogP contribution in [0.2, 0.25) is 0 Å². The Kier molecular flexibility index (Phi) is 4.17. The minimum Gasteiger partial charge on any atom is -0.399 e. The van der Waals surface area contributed by atoms with Crippen molar-refractivity contribution in [3.05, 3.63) is 35.4 Å². The number of benzene rings is 1. The van der Waals surface area contributed by atoms with Crippen LogP contribution in [0.1, 0.15) is 32.8 Å². The van der Waals surface area contributed by atoms with Gasteiger partial charge in [0.25, 0.3) is 0 Å². The predicted octanol–water partition coefficient (Wildman–Crippen LogP) is 2.94. The first-order valence-electron chi connectivity index (χ1n) is 7.18. The van der Waals surface area contributed by atoms with Crippen LogP contribution in [0, 0.1) is 12.3 Å². The normalized spacial score (nSPS) is 17.6. The molecule has 0 bridgehead atoms. The molecule has 0 atom stereocenters. The van der Waals surface area contributed by atoms with Crippen LogP contribution in [-0.2, 0) is 10.0 Å². The molecular formula is C16H24N2O2S. The fourth-order valence-electron chi connectivity index (χ4n) is 2.58. The van der Waals surface area contributed by atoms with Crippen molar-refractivity contribution < 1.29 is 8.42 Å². The highest BCUT2D eigenvalue weighted by Crippen LogP contribution is 2.32. The van der Waals surface area contributed by atoms with Gasteiger partial charge in [-0.1, -0.05) is 38.5 Å². The van der Waals surface area contributed by atoms with E-state index in [0.717, 1.165) is 12.0 Å². The topological polar surface area (TPSA) is 63.4 Å². The maximum atomic E-state index is 12.8. The van der Waals surface area contributed by atoms with Crippen LogP contribution in [0.3, 0.4) is 0 Å². The van der Waals surface area contributed by atoms with Crippen LogP contribution in [-0.4, -0.2) is 25.8 Å². The molecule has 0 amide bonds. The van der Waals surface area contributed by atoms with E-state index in [-0.39, 0.29) is 5.41 Å². The van der Waals surface area contributed by atoms with E-state index in [1.54, 1.807) is 25.1 Å². The summed E-state index contributed by atoms with van der Waals surface area (Å²) >= 11 is 0. The summed E-state index contributed by atoms with van der Waals surface area (Å²) in [5.41, 5.74) is 8.36. The molecule has 0 saturated carbocycles. The van der Waals surface area contributed by atoms with E-state index in [4.69, 9.17) is 5.73 Å². The van der Waals surface area contributed by atoms with E-state index in [0.29, 0.717) is 23.7 Å². The first-order valence-corrected chi connectivity index (χ1v) is 8.62. The third kappa shape index (κ3) is 3.30. The van der Waals surface area contributed by atoms with Gasteiger partial charge in [-0.05, 0) is 36.5 Å². The van der Waals surface area contributed by atoms with E-state index >= 15 is 0 Å². The Balaban J connectivity index is 2.31.